The van der Waals surface area contributed by atoms with Crippen molar-refractivity contribution in [3.05, 3.63) is 73.9 Å². The molecule has 2 aromatic rings. The van der Waals surface area contributed by atoms with Crippen LogP contribution in [0.25, 0.3) is 0 Å². The van der Waals surface area contributed by atoms with E-state index in [1.807, 2.05) is 48.5 Å². The predicted octanol–water partition coefficient (Wildman–Crippen LogP) is 4.11. The average Bonchev–Trinajstić information content (AvgIpc) is 2.47. The quantitative estimate of drug-likeness (QED) is 0.815. The lowest BCUT2D eigenvalue weighted by Gasteiger charge is -2.26. The highest BCUT2D eigenvalue weighted by atomic mass is 16.5. The maximum atomic E-state index is 5.13. The number of hydrogen-bond donors (Lipinski definition) is 0. The molecule has 0 aliphatic heterocycles. The standard InChI is InChI=1S/C17H16O2/c1-17(2,13-5-9-15(18-3)10-6-13)14-7-11-16(19-4)12-8-14/h3-12H,1-2H3. The molecule has 0 saturated heterocycles. The highest BCUT2D eigenvalue weighted by molar-refractivity contribution is 5.41. The van der Waals surface area contributed by atoms with Crippen LogP contribution in [0.1, 0.15) is 25.0 Å². The topological polar surface area (TPSA) is 18.5 Å². The second kappa shape index (κ2) is 5.35. The molecule has 0 bridgehead atoms. The first-order valence-corrected chi connectivity index (χ1v) is 6.02. The molecule has 96 valence electrons. The van der Waals surface area contributed by atoms with Crippen LogP contribution in [-0.2, 0) is 5.41 Å². The number of rotatable bonds is 4. The normalized spacial score (nSPS) is 11.2. The summed E-state index contributed by atoms with van der Waals surface area (Å²) in [7, 11) is 10.3. The van der Waals surface area contributed by atoms with Crippen LogP contribution in [-0.4, -0.2) is 0 Å². The first-order chi connectivity index (χ1) is 9.07. The largest absolute Gasteiger partial charge is 0.482 e. The Bertz CT molecular complexity index is 475. The Labute approximate surface area is 115 Å². The van der Waals surface area contributed by atoms with Crippen molar-refractivity contribution in [2.75, 3.05) is 0 Å². The van der Waals surface area contributed by atoms with Crippen LogP contribution in [0.15, 0.2) is 48.5 Å². The molecule has 0 amide bonds. The molecule has 4 radical (unpaired) electrons. The SMILES string of the molecule is [CH]Oc1ccc(C(C)(C)c2ccc(O[CH])cc2)cc1. The molecule has 19 heavy (non-hydrogen) atoms. The molecule has 0 spiro atoms. The van der Waals surface area contributed by atoms with E-state index >= 15 is 0 Å². The Hall–Kier alpha value is -1.96. The zero-order valence-electron chi connectivity index (χ0n) is 11.1. The monoisotopic (exact) mass is 252 g/mol. The Morgan fingerprint density at radius 2 is 1.00 bits per heavy atom. The highest BCUT2D eigenvalue weighted by Gasteiger charge is 2.22. The Morgan fingerprint density at radius 3 is 1.26 bits per heavy atom. The summed E-state index contributed by atoms with van der Waals surface area (Å²) in [5.41, 5.74) is 2.23. The van der Waals surface area contributed by atoms with Crippen molar-refractivity contribution in [2.45, 2.75) is 19.3 Å². The van der Waals surface area contributed by atoms with Crippen molar-refractivity contribution in [1.29, 1.82) is 0 Å². The van der Waals surface area contributed by atoms with E-state index in [2.05, 4.69) is 23.3 Å². The molecule has 2 rings (SSSR count). The maximum Gasteiger partial charge on any atom is 0.180 e. The van der Waals surface area contributed by atoms with Gasteiger partial charge in [-0.1, -0.05) is 38.1 Å². The minimum Gasteiger partial charge on any atom is -0.482 e. The summed E-state index contributed by atoms with van der Waals surface area (Å²) >= 11 is 0. The van der Waals surface area contributed by atoms with Gasteiger partial charge >= 0.3 is 0 Å². The molecule has 0 aromatic heterocycles. The Kier molecular flexibility index (Phi) is 3.79. The summed E-state index contributed by atoms with van der Waals surface area (Å²) < 4.78 is 9.37. The van der Waals surface area contributed by atoms with E-state index in [1.54, 1.807) is 0 Å². The Morgan fingerprint density at radius 1 is 0.684 bits per heavy atom. The molecule has 0 atom stereocenters. The van der Waals surface area contributed by atoms with Crippen LogP contribution in [0.2, 0.25) is 0 Å². The van der Waals surface area contributed by atoms with Gasteiger partial charge in [-0.05, 0) is 35.4 Å². The van der Waals surface area contributed by atoms with E-state index in [4.69, 9.17) is 14.2 Å². The van der Waals surface area contributed by atoms with Gasteiger partial charge in [0, 0.05) is 5.41 Å². The van der Waals surface area contributed by atoms with Crippen molar-refractivity contribution in [2.24, 2.45) is 0 Å². The van der Waals surface area contributed by atoms with Gasteiger partial charge in [-0.25, -0.2) is 0 Å². The molecule has 2 aromatic carbocycles. The van der Waals surface area contributed by atoms with Crippen molar-refractivity contribution in [1.82, 2.24) is 0 Å². The molecule has 0 N–H and O–H groups in total. The van der Waals surface area contributed by atoms with E-state index < -0.39 is 0 Å². The first kappa shape index (κ1) is 13.5. The van der Waals surface area contributed by atoms with Crippen molar-refractivity contribution in [3.8, 4) is 11.5 Å². The smallest absolute Gasteiger partial charge is 0.180 e. The third-order valence-electron chi connectivity index (χ3n) is 3.42. The van der Waals surface area contributed by atoms with Crippen molar-refractivity contribution in [3.63, 3.8) is 0 Å². The fourth-order valence-electron chi connectivity index (χ4n) is 2.07. The molecule has 0 fully saturated rings. The van der Waals surface area contributed by atoms with Crippen LogP contribution in [0, 0.1) is 14.2 Å². The summed E-state index contributed by atoms with van der Waals surface area (Å²) in [5.74, 6) is 1.29. The van der Waals surface area contributed by atoms with E-state index in [1.165, 1.54) is 11.1 Å². The molecular weight excluding hydrogens is 236 g/mol. The predicted molar refractivity (Wildman–Crippen MR) is 74.9 cm³/mol. The summed E-state index contributed by atoms with van der Waals surface area (Å²) in [4.78, 5) is 0. The fraction of sp³-hybridized carbons (Fsp3) is 0.176. The first-order valence-electron chi connectivity index (χ1n) is 6.02. The van der Waals surface area contributed by atoms with Crippen molar-refractivity contribution >= 4 is 0 Å². The molecule has 0 saturated carbocycles. The van der Waals surface area contributed by atoms with Gasteiger partial charge in [-0.15, -0.1) is 0 Å². The second-order valence-electron chi connectivity index (χ2n) is 4.91. The molecule has 0 heterocycles. The average molecular weight is 252 g/mol. The third kappa shape index (κ3) is 2.73. The van der Waals surface area contributed by atoms with Gasteiger partial charge in [0.25, 0.3) is 0 Å². The van der Waals surface area contributed by atoms with E-state index in [0.717, 1.165) is 0 Å². The van der Waals surface area contributed by atoms with Crippen LogP contribution in [0.5, 0.6) is 11.5 Å². The molecule has 0 unspecified atom stereocenters. The summed E-state index contributed by atoms with van der Waals surface area (Å²) in [5, 5.41) is 0. The fourth-order valence-corrected chi connectivity index (χ4v) is 2.07. The van der Waals surface area contributed by atoms with Gasteiger partial charge in [0.2, 0.25) is 0 Å². The summed E-state index contributed by atoms with van der Waals surface area (Å²) in [6.45, 7) is 4.31. The summed E-state index contributed by atoms with van der Waals surface area (Å²) in [6, 6.07) is 15.5. The minimum absolute atomic E-state index is 0.125. The zero-order valence-corrected chi connectivity index (χ0v) is 11.1. The van der Waals surface area contributed by atoms with Crippen LogP contribution >= 0.6 is 0 Å². The number of benzene rings is 2. The van der Waals surface area contributed by atoms with Gasteiger partial charge < -0.3 is 9.47 Å². The maximum absolute atomic E-state index is 5.13. The molecule has 2 heteroatoms. The Balaban J connectivity index is 2.33. The van der Waals surface area contributed by atoms with E-state index in [0.29, 0.717) is 11.5 Å². The lowest BCUT2D eigenvalue weighted by molar-refractivity contribution is 0.471. The van der Waals surface area contributed by atoms with Gasteiger partial charge in [0.1, 0.15) is 11.5 Å². The van der Waals surface area contributed by atoms with Crippen LogP contribution in [0.4, 0.5) is 0 Å². The van der Waals surface area contributed by atoms with Crippen LogP contribution in [0.3, 0.4) is 0 Å². The highest BCUT2D eigenvalue weighted by Crippen LogP contribution is 2.33. The van der Waals surface area contributed by atoms with Crippen LogP contribution < -0.4 is 9.47 Å². The molecule has 0 aliphatic rings. The van der Waals surface area contributed by atoms with E-state index in [-0.39, 0.29) is 5.41 Å². The van der Waals surface area contributed by atoms with Gasteiger partial charge in [-0.2, -0.15) is 0 Å². The van der Waals surface area contributed by atoms with Gasteiger partial charge in [-0.3, -0.25) is 0 Å². The molecule has 0 aliphatic carbocycles. The second-order valence-corrected chi connectivity index (χ2v) is 4.91. The third-order valence-corrected chi connectivity index (χ3v) is 3.42. The minimum atomic E-state index is -0.125. The zero-order chi connectivity index (χ0) is 13.9. The van der Waals surface area contributed by atoms with Gasteiger partial charge in [0.15, 0.2) is 14.2 Å². The lowest BCUT2D eigenvalue weighted by Crippen LogP contribution is -2.18. The summed E-state index contributed by atoms with van der Waals surface area (Å²) in [6.07, 6.45) is 0. The van der Waals surface area contributed by atoms with Crippen molar-refractivity contribution < 1.29 is 9.47 Å². The lowest BCUT2D eigenvalue weighted by atomic mass is 9.78. The molecular formula is C17H16O2. The number of ether oxygens (including phenoxy) is 2. The van der Waals surface area contributed by atoms with Gasteiger partial charge in [0.05, 0.1) is 0 Å². The molecule has 2 nitrogen and oxygen atoms in total. The van der Waals surface area contributed by atoms with E-state index in [9.17, 15) is 0 Å². The number of hydrogen-bond acceptors (Lipinski definition) is 2.